The molecule has 1 fully saturated rings. The maximum Gasteiger partial charge on any atom is 0.0575 e. The van der Waals surface area contributed by atoms with Gasteiger partial charge in [0.05, 0.1) is 10.8 Å². The summed E-state index contributed by atoms with van der Waals surface area (Å²) in [7, 11) is 0. The molecule has 29 aromatic carbocycles. The van der Waals surface area contributed by atoms with Gasteiger partial charge in [-0.15, -0.1) is 0 Å². The Bertz CT molecular complexity index is 7240. The van der Waals surface area contributed by atoms with Crippen LogP contribution in [-0.2, 0) is 10.8 Å². The van der Waals surface area contributed by atoms with Crippen molar-refractivity contribution in [1.29, 1.82) is 0 Å². The van der Waals surface area contributed by atoms with Crippen molar-refractivity contribution in [2.24, 2.45) is 5.73 Å². The topological polar surface area (TPSA) is 38.0 Å². The molecule has 2 atom stereocenters. The first-order valence-corrected chi connectivity index (χ1v) is 27.7. The molecular weight excluding hydrogens is 881 g/mol. The predicted octanol–water partition coefficient (Wildman–Crippen LogP) is 17.7. The number of hydrogen-bond donors (Lipinski definition) is 2. The molecule has 1 aliphatic heterocycles. The zero-order valence-corrected chi connectivity index (χ0v) is 37.7. The molecule has 0 bridgehead atoms. The van der Waals surface area contributed by atoms with Crippen molar-refractivity contribution in [2.75, 3.05) is 6.54 Å². The van der Waals surface area contributed by atoms with Crippen LogP contribution in [0.3, 0.4) is 0 Å². The zero-order chi connectivity index (χ0) is 43.6. The minimum atomic E-state index is -0.362. The second kappa shape index (κ2) is 6.51. The van der Waals surface area contributed by atoms with Crippen molar-refractivity contribution >= 4 is 291 Å². The number of rotatable bonds is 4. The summed E-state index contributed by atoms with van der Waals surface area (Å²) in [4.78, 5) is 0. The molecule has 5 aliphatic rings. The molecule has 1 heterocycles. The number of nitrogens with two attached hydrogens (primary N) is 1. The molecule has 2 unspecified atom stereocenters. The van der Waals surface area contributed by atoms with E-state index in [-0.39, 0.29) is 22.9 Å². The monoisotopic (exact) mass is 896 g/mol. The van der Waals surface area contributed by atoms with Crippen molar-refractivity contribution < 1.29 is 0 Å². The first kappa shape index (κ1) is 28.0. The summed E-state index contributed by atoms with van der Waals surface area (Å²) in [5.41, 5.74) is 14.6. The van der Waals surface area contributed by atoms with Gasteiger partial charge in [0.25, 0.3) is 0 Å². The van der Waals surface area contributed by atoms with Crippen molar-refractivity contribution in [1.82, 2.24) is 5.32 Å². The van der Waals surface area contributed by atoms with Gasteiger partial charge in [0.2, 0.25) is 0 Å². The van der Waals surface area contributed by atoms with Gasteiger partial charge in [0.15, 0.2) is 0 Å². The highest BCUT2D eigenvalue weighted by atomic mass is 15.1. The van der Waals surface area contributed by atoms with E-state index in [2.05, 4.69) is 30.3 Å². The van der Waals surface area contributed by atoms with E-state index in [4.69, 9.17) is 11.1 Å². The molecule has 1 saturated heterocycles. The highest BCUT2D eigenvalue weighted by Gasteiger charge is 2.77. The van der Waals surface area contributed by atoms with Crippen LogP contribution in [-0.4, -0.2) is 12.6 Å². The summed E-state index contributed by atoms with van der Waals surface area (Å²) in [6.45, 7) is 0.716. The molecule has 3 N–H and O–H groups in total. The lowest BCUT2D eigenvalue weighted by Gasteiger charge is -2.53. The molecule has 29 aromatic rings. The fourth-order valence-corrected chi connectivity index (χ4v) is 26.6. The molecule has 0 saturated carbocycles. The second-order valence-electron chi connectivity index (χ2n) is 26.9. The van der Waals surface area contributed by atoms with E-state index in [0.717, 1.165) is 12.8 Å². The van der Waals surface area contributed by atoms with Crippen molar-refractivity contribution in [2.45, 2.75) is 35.8 Å². The largest absolute Gasteiger partial charge is 0.330 e. The van der Waals surface area contributed by atoms with E-state index in [1.54, 1.807) is 313 Å². The third kappa shape index (κ3) is 1.53. The van der Waals surface area contributed by atoms with Gasteiger partial charge < -0.3 is 11.1 Å². The van der Waals surface area contributed by atoms with Crippen LogP contribution in [0.1, 0.15) is 46.7 Å². The molecule has 4 aliphatic carbocycles. The lowest BCUT2D eigenvalue weighted by Crippen LogP contribution is -2.55. The maximum absolute atomic E-state index is 6.83. The van der Waals surface area contributed by atoms with E-state index in [1.807, 2.05) is 0 Å². The fourth-order valence-electron chi connectivity index (χ4n) is 26.6. The highest BCUT2D eigenvalue weighted by molar-refractivity contribution is 6.82. The average Bonchev–Trinajstić information content (AvgIpc) is 4.38. The van der Waals surface area contributed by atoms with Gasteiger partial charge in [-0.1, -0.05) is 30.3 Å². The number of benzene rings is 19. The van der Waals surface area contributed by atoms with Gasteiger partial charge in [-0.2, -0.15) is 0 Å². The SMILES string of the molecule is NCCCC1NC(c2ccccc2)C23c4c5c6c7c8c9c(c%10c%11c2c2c4c4c%12c5c5c6c6c8c8c%13c9c9c%10c%10c%11c%11c2c2c4c4c%12c%12c5c5c6c8c6c8c%13c9c9c%10c%10c%11c2c2c4c4c%12c5c6c5c8c9c%10c2c45)C713. The molecule has 0 amide bonds. The Morgan fingerprint density at radius 3 is 0.699 bits per heavy atom. The normalized spacial score (nSPS) is 24.2. The van der Waals surface area contributed by atoms with Crippen LogP contribution in [0.4, 0.5) is 0 Å². The Morgan fingerprint density at radius 2 is 0.479 bits per heavy atom. The van der Waals surface area contributed by atoms with E-state index < -0.39 is 0 Å². The molecule has 310 valence electrons. The predicted molar refractivity (Wildman–Crippen MR) is 308 cm³/mol. The Morgan fingerprint density at radius 1 is 0.274 bits per heavy atom. The van der Waals surface area contributed by atoms with Crippen LogP contribution < -0.4 is 11.1 Å². The quantitative estimate of drug-likeness (QED) is 0.173. The standard InChI is InChI=1S/C71H16N2/c72-8-4-7-10-70-65-57-49-39-29-21-13-11-12-15-19-17(13)25-33-27(19)37-31-23(15)24-16(12)20-18-14(11)22(21)30-36-26(18)34-28(20)38-32(24)42-41(31)51-45(37)55-47(33)53(43(49)35(25)29)59(65)61(55)67-63(51)64-52(42)46(38)56-48(34)54-44(36)50(40(30)39)58(57)66(70)60(54)62(56)68(64)71(67,70)69(73-10)9-5-2-1-3-6-9/h1-3,5-6,10,69,73H,4,7-8,72H2. The van der Waals surface area contributed by atoms with Gasteiger partial charge in [-0.05, 0) is 338 Å². The third-order valence-corrected chi connectivity index (χ3v) is 26.6. The summed E-state index contributed by atoms with van der Waals surface area (Å²) in [6, 6.07) is 12.4. The average molecular weight is 897 g/mol. The van der Waals surface area contributed by atoms with Crippen molar-refractivity contribution in [3.8, 4) is 0 Å². The first-order chi connectivity index (χ1) is 36.4. The van der Waals surface area contributed by atoms with Gasteiger partial charge in [0.1, 0.15) is 0 Å². The lowest BCUT2D eigenvalue weighted by atomic mass is 9.45. The lowest BCUT2D eigenvalue weighted by molar-refractivity contribution is 0.322. The summed E-state index contributed by atoms with van der Waals surface area (Å²) in [6.07, 6.45) is 2.08. The Balaban J connectivity index is 1.16. The molecular formula is C71H16N2. The fraction of sp³-hybridized carbons (Fsp3) is 0.0986. The summed E-state index contributed by atoms with van der Waals surface area (Å²) >= 11 is 0. The van der Waals surface area contributed by atoms with E-state index in [9.17, 15) is 0 Å². The zero-order valence-electron chi connectivity index (χ0n) is 37.7. The number of nitrogens with one attached hydrogen (secondary N) is 1. The van der Waals surface area contributed by atoms with Gasteiger partial charge in [-0.25, -0.2) is 0 Å². The van der Waals surface area contributed by atoms with Crippen LogP contribution in [0.2, 0.25) is 0 Å². The summed E-state index contributed by atoms with van der Waals surface area (Å²) in [5, 5.41) is 94.7. The van der Waals surface area contributed by atoms with Gasteiger partial charge >= 0.3 is 0 Å². The summed E-state index contributed by atoms with van der Waals surface area (Å²) < 4.78 is 0. The second-order valence-corrected chi connectivity index (χ2v) is 26.9. The minimum absolute atomic E-state index is 0.0900. The van der Waals surface area contributed by atoms with E-state index in [0.29, 0.717) is 6.54 Å². The van der Waals surface area contributed by atoms with Gasteiger partial charge in [0, 0.05) is 12.1 Å². The number of hydrogen-bond acceptors (Lipinski definition) is 2. The Labute approximate surface area is 400 Å². The Hall–Kier alpha value is -8.40. The molecule has 2 spiro atoms. The van der Waals surface area contributed by atoms with Crippen LogP contribution in [0.5, 0.6) is 0 Å². The molecule has 0 radical (unpaired) electrons. The molecule has 34 rings (SSSR count). The van der Waals surface area contributed by atoms with Crippen molar-refractivity contribution in [3.05, 3.63) is 58.1 Å². The third-order valence-electron chi connectivity index (χ3n) is 26.6. The molecule has 73 heavy (non-hydrogen) atoms. The Kier molecular flexibility index (Phi) is 2.50. The van der Waals surface area contributed by atoms with Crippen molar-refractivity contribution in [3.63, 3.8) is 0 Å². The summed E-state index contributed by atoms with van der Waals surface area (Å²) in [5.74, 6) is 0. The molecule has 2 nitrogen and oxygen atoms in total. The highest BCUT2D eigenvalue weighted by Crippen LogP contribution is 2.87. The molecule has 2 heteroatoms. The van der Waals surface area contributed by atoms with E-state index in [1.165, 1.54) is 5.56 Å². The van der Waals surface area contributed by atoms with Crippen LogP contribution in [0, 0.1) is 0 Å². The van der Waals surface area contributed by atoms with Crippen LogP contribution in [0.15, 0.2) is 30.3 Å². The maximum atomic E-state index is 6.83. The smallest absolute Gasteiger partial charge is 0.0575 e. The van der Waals surface area contributed by atoms with Gasteiger partial charge in [-0.3, -0.25) is 0 Å². The first-order valence-electron chi connectivity index (χ1n) is 27.7. The minimum Gasteiger partial charge on any atom is -0.330 e. The van der Waals surface area contributed by atoms with Crippen LogP contribution in [0.25, 0.3) is 291 Å². The van der Waals surface area contributed by atoms with Crippen LogP contribution >= 0.6 is 0 Å². The van der Waals surface area contributed by atoms with E-state index >= 15 is 0 Å². The molecule has 0 aromatic heterocycles.